The summed E-state index contributed by atoms with van der Waals surface area (Å²) in [6.45, 7) is 7.59. The summed E-state index contributed by atoms with van der Waals surface area (Å²) in [5, 5.41) is 3.75. The Bertz CT molecular complexity index is 214. The van der Waals surface area contributed by atoms with Crippen LogP contribution in [0.5, 0.6) is 0 Å². The van der Waals surface area contributed by atoms with Crippen LogP contribution in [0.4, 0.5) is 0 Å². The number of rotatable bonds is 5. The van der Waals surface area contributed by atoms with Crippen molar-refractivity contribution in [3.8, 4) is 0 Å². The van der Waals surface area contributed by atoms with E-state index < -0.39 is 0 Å². The average molecular weight is 253 g/mol. The molecule has 2 aliphatic rings. The molecule has 1 aliphatic heterocycles. The second-order valence-corrected chi connectivity index (χ2v) is 6.14. The van der Waals surface area contributed by atoms with Gasteiger partial charge in [-0.2, -0.15) is 0 Å². The Labute approximate surface area is 113 Å². The molecule has 0 atom stereocenters. The maximum absolute atomic E-state index is 3.75. The van der Waals surface area contributed by atoms with Gasteiger partial charge in [0, 0.05) is 19.1 Å². The molecule has 1 saturated heterocycles. The highest BCUT2D eigenvalue weighted by Crippen LogP contribution is 2.17. The minimum absolute atomic E-state index is 0.828. The molecule has 2 rings (SSSR count). The molecule has 1 N–H and O–H groups in total. The van der Waals surface area contributed by atoms with Gasteiger partial charge < -0.3 is 15.1 Å². The first kappa shape index (κ1) is 14.3. The fraction of sp³-hybridized carbons (Fsp3) is 1.00. The summed E-state index contributed by atoms with van der Waals surface area (Å²) in [6, 6.07) is 0.828. The van der Waals surface area contributed by atoms with E-state index in [1.165, 1.54) is 84.2 Å². The standard InChI is InChI=1S/C15H31N3/c1-17-10-6-12-18(14-13-17)11-5-9-16-15-7-3-2-4-8-15/h15-16H,2-14H2,1H3. The molecule has 1 aliphatic carbocycles. The third kappa shape index (κ3) is 5.25. The summed E-state index contributed by atoms with van der Waals surface area (Å²) >= 11 is 0. The van der Waals surface area contributed by atoms with Crippen molar-refractivity contribution >= 4 is 0 Å². The molecule has 106 valence electrons. The first-order valence-corrected chi connectivity index (χ1v) is 7.99. The largest absolute Gasteiger partial charge is 0.314 e. The molecule has 0 unspecified atom stereocenters. The lowest BCUT2D eigenvalue weighted by molar-refractivity contribution is 0.268. The molecule has 18 heavy (non-hydrogen) atoms. The molecule has 0 amide bonds. The van der Waals surface area contributed by atoms with E-state index >= 15 is 0 Å². The predicted octanol–water partition coefficient (Wildman–Crippen LogP) is 1.94. The SMILES string of the molecule is CN1CCCN(CCCNC2CCCCC2)CC1. The number of hydrogen-bond donors (Lipinski definition) is 1. The van der Waals surface area contributed by atoms with Crippen molar-refractivity contribution in [3.05, 3.63) is 0 Å². The van der Waals surface area contributed by atoms with Crippen LogP contribution in [0.1, 0.15) is 44.9 Å². The minimum atomic E-state index is 0.828. The van der Waals surface area contributed by atoms with E-state index in [1.54, 1.807) is 0 Å². The van der Waals surface area contributed by atoms with Gasteiger partial charge in [-0.15, -0.1) is 0 Å². The topological polar surface area (TPSA) is 18.5 Å². The number of likely N-dealkylation sites (N-methyl/N-ethyl adjacent to an activating group) is 1. The van der Waals surface area contributed by atoms with Gasteiger partial charge in [0.25, 0.3) is 0 Å². The Morgan fingerprint density at radius 3 is 2.61 bits per heavy atom. The van der Waals surface area contributed by atoms with Crippen molar-refractivity contribution < 1.29 is 0 Å². The highest BCUT2D eigenvalue weighted by atomic mass is 15.2. The monoisotopic (exact) mass is 253 g/mol. The van der Waals surface area contributed by atoms with Crippen molar-refractivity contribution in [3.63, 3.8) is 0 Å². The van der Waals surface area contributed by atoms with E-state index in [-0.39, 0.29) is 0 Å². The van der Waals surface area contributed by atoms with Crippen molar-refractivity contribution in [2.75, 3.05) is 46.3 Å². The van der Waals surface area contributed by atoms with Gasteiger partial charge in [0.1, 0.15) is 0 Å². The first-order chi connectivity index (χ1) is 8.84. The van der Waals surface area contributed by atoms with Crippen LogP contribution in [0.2, 0.25) is 0 Å². The quantitative estimate of drug-likeness (QED) is 0.755. The fourth-order valence-electron chi connectivity index (χ4n) is 3.24. The average Bonchev–Trinajstić information content (AvgIpc) is 2.61. The summed E-state index contributed by atoms with van der Waals surface area (Å²) < 4.78 is 0. The fourth-order valence-corrected chi connectivity index (χ4v) is 3.24. The molecule has 0 aromatic carbocycles. The summed E-state index contributed by atoms with van der Waals surface area (Å²) in [5.41, 5.74) is 0. The molecule has 0 radical (unpaired) electrons. The Morgan fingerprint density at radius 1 is 0.944 bits per heavy atom. The van der Waals surface area contributed by atoms with Crippen LogP contribution in [0.25, 0.3) is 0 Å². The normalized spacial score (nSPS) is 25.2. The maximum atomic E-state index is 3.75. The van der Waals surface area contributed by atoms with Crippen LogP contribution in [-0.4, -0.2) is 62.2 Å². The molecule has 2 fully saturated rings. The molecule has 0 aromatic heterocycles. The molecular weight excluding hydrogens is 222 g/mol. The number of nitrogens with one attached hydrogen (secondary N) is 1. The molecule has 3 heteroatoms. The highest BCUT2D eigenvalue weighted by Gasteiger charge is 2.13. The third-order valence-corrected chi connectivity index (χ3v) is 4.50. The zero-order valence-electron chi connectivity index (χ0n) is 12.2. The summed E-state index contributed by atoms with van der Waals surface area (Å²) in [5.74, 6) is 0. The number of hydrogen-bond acceptors (Lipinski definition) is 3. The van der Waals surface area contributed by atoms with E-state index in [1.807, 2.05) is 0 Å². The number of nitrogens with zero attached hydrogens (tertiary/aromatic N) is 2. The van der Waals surface area contributed by atoms with Gasteiger partial charge in [0.15, 0.2) is 0 Å². The van der Waals surface area contributed by atoms with Crippen LogP contribution >= 0.6 is 0 Å². The van der Waals surface area contributed by atoms with Crippen LogP contribution in [0, 0.1) is 0 Å². The van der Waals surface area contributed by atoms with Crippen LogP contribution in [-0.2, 0) is 0 Å². The Morgan fingerprint density at radius 2 is 1.78 bits per heavy atom. The highest BCUT2D eigenvalue weighted by molar-refractivity contribution is 4.72. The lowest BCUT2D eigenvalue weighted by Gasteiger charge is -2.24. The van der Waals surface area contributed by atoms with E-state index in [9.17, 15) is 0 Å². The Balaban J connectivity index is 1.51. The van der Waals surface area contributed by atoms with Gasteiger partial charge in [-0.1, -0.05) is 19.3 Å². The van der Waals surface area contributed by atoms with Crippen LogP contribution in [0.15, 0.2) is 0 Å². The van der Waals surface area contributed by atoms with Gasteiger partial charge in [-0.25, -0.2) is 0 Å². The smallest absolute Gasteiger partial charge is 0.0109 e. The second kappa shape index (κ2) is 8.13. The Hall–Kier alpha value is -0.120. The van der Waals surface area contributed by atoms with Crippen molar-refractivity contribution in [2.24, 2.45) is 0 Å². The van der Waals surface area contributed by atoms with Gasteiger partial charge in [0.05, 0.1) is 0 Å². The van der Waals surface area contributed by atoms with Gasteiger partial charge >= 0.3 is 0 Å². The molecule has 1 heterocycles. The predicted molar refractivity (Wildman–Crippen MR) is 78.0 cm³/mol. The van der Waals surface area contributed by atoms with Gasteiger partial charge in [-0.3, -0.25) is 0 Å². The van der Waals surface area contributed by atoms with Crippen molar-refractivity contribution in [1.29, 1.82) is 0 Å². The summed E-state index contributed by atoms with van der Waals surface area (Å²) in [7, 11) is 2.24. The van der Waals surface area contributed by atoms with Gasteiger partial charge in [0.2, 0.25) is 0 Å². The second-order valence-electron chi connectivity index (χ2n) is 6.14. The van der Waals surface area contributed by atoms with E-state index in [2.05, 4.69) is 22.2 Å². The van der Waals surface area contributed by atoms with E-state index in [4.69, 9.17) is 0 Å². The lowest BCUT2D eigenvalue weighted by Crippen LogP contribution is -2.35. The molecule has 3 nitrogen and oxygen atoms in total. The minimum Gasteiger partial charge on any atom is -0.314 e. The third-order valence-electron chi connectivity index (χ3n) is 4.50. The zero-order chi connectivity index (χ0) is 12.6. The van der Waals surface area contributed by atoms with Crippen LogP contribution < -0.4 is 5.32 Å². The van der Waals surface area contributed by atoms with Gasteiger partial charge in [-0.05, 0) is 58.9 Å². The summed E-state index contributed by atoms with van der Waals surface area (Å²) in [6.07, 6.45) is 9.82. The van der Waals surface area contributed by atoms with Crippen LogP contribution in [0.3, 0.4) is 0 Å². The molecular formula is C15H31N3. The molecule has 0 spiro atoms. The molecule has 1 saturated carbocycles. The first-order valence-electron chi connectivity index (χ1n) is 7.99. The maximum Gasteiger partial charge on any atom is 0.0109 e. The zero-order valence-corrected chi connectivity index (χ0v) is 12.2. The molecule has 0 aromatic rings. The van der Waals surface area contributed by atoms with E-state index in [0.29, 0.717) is 0 Å². The van der Waals surface area contributed by atoms with E-state index in [0.717, 1.165) is 6.04 Å². The lowest BCUT2D eigenvalue weighted by atomic mass is 9.95. The molecule has 0 bridgehead atoms. The summed E-state index contributed by atoms with van der Waals surface area (Å²) in [4.78, 5) is 5.10. The van der Waals surface area contributed by atoms with Crippen molar-refractivity contribution in [1.82, 2.24) is 15.1 Å². The Kier molecular flexibility index (Phi) is 6.46. The van der Waals surface area contributed by atoms with Crippen molar-refractivity contribution in [2.45, 2.75) is 51.0 Å².